The molecule has 2 heterocycles. The van der Waals surface area contributed by atoms with Crippen molar-refractivity contribution in [2.75, 3.05) is 14.2 Å². The average Bonchev–Trinajstić information content (AvgIpc) is 3.13. The number of fused-ring (bicyclic) bond motifs is 3. The normalized spacial score (nSPS) is 12.0. The lowest BCUT2D eigenvalue weighted by atomic mass is 10.1. The summed E-state index contributed by atoms with van der Waals surface area (Å²) in [6, 6.07) is 6.95. The predicted molar refractivity (Wildman–Crippen MR) is 83.1 cm³/mol. The summed E-state index contributed by atoms with van der Waals surface area (Å²) >= 11 is 0. The number of methoxy groups -OCH3 is 2. The molecular weight excluding hydrogens is 297 g/mol. The predicted octanol–water partition coefficient (Wildman–Crippen LogP) is 3.20. The highest BCUT2D eigenvalue weighted by Gasteiger charge is 2.27. The minimum atomic E-state index is -0.501. The van der Waals surface area contributed by atoms with E-state index in [1.807, 2.05) is 12.1 Å². The van der Waals surface area contributed by atoms with Gasteiger partial charge in [0, 0.05) is 29.3 Å². The molecule has 0 unspecified atom stereocenters. The van der Waals surface area contributed by atoms with Crippen molar-refractivity contribution in [2.45, 2.75) is 6.42 Å². The van der Waals surface area contributed by atoms with Crippen LogP contribution in [0.1, 0.15) is 11.1 Å². The Morgan fingerprint density at radius 1 is 1.13 bits per heavy atom. The quantitative estimate of drug-likeness (QED) is 0.590. The van der Waals surface area contributed by atoms with Crippen LogP contribution in [-0.2, 0) is 6.42 Å². The monoisotopic (exact) mass is 311 g/mol. The molecule has 0 radical (unpaired) electrons. The zero-order chi connectivity index (χ0) is 16.0. The van der Waals surface area contributed by atoms with Gasteiger partial charge in [-0.05, 0) is 29.8 Å². The molecule has 0 saturated carbocycles. The molecule has 0 bridgehead atoms. The minimum Gasteiger partial charge on any atom is -0.493 e. The van der Waals surface area contributed by atoms with E-state index in [-0.39, 0.29) is 0 Å². The van der Waals surface area contributed by atoms with Crippen LogP contribution in [0.3, 0.4) is 0 Å². The molecule has 0 amide bonds. The largest absolute Gasteiger partial charge is 0.493 e. The first-order chi connectivity index (χ1) is 11.2. The van der Waals surface area contributed by atoms with Crippen LogP contribution in [0, 0.1) is 5.95 Å². The maximum Gasteiger partial charge on any atom is 0.212 e. The van der Waals surface area contributed by atoms with Crippen LogP contribution in [0.25, 0.3) is 22.5 Å². The SMILES string of the molecule is COc1cc2c(cc1OC)-c1[nH]nc(-c3ccc(F)nc3)c1C2. The van der Waals surface area contributed by atoms with E-state index in [2.05, 4.69) is 15.2 Å². The molecule has 116 valence electrons. The molecule has 3 aromatic rings. The standard InChI is InChI=1S/C17H14FN3O2/c1-22-13-6-10-5-12-16(9-3-4-15(18)19-8-9)20-21-17(12)11(10)7-14(13)23-2/h3-4,6-8H,5H2,1-2H3,(H,20,21). The van der Waals surface area contributed by atoms with Gasteiger partial charge in [-0.1, -0.05) is 0 Å². The lowest BCUT2D eigenvalue weighted by Crippen LogP contribution is -1.93. The molecule has 0 aliphatic heterocycles. The summed E-state index contributed by atoms with van der Waals surface area (Å²) in [6.07, 6.45) is 2.23. The van der Waals surface area contributed by atoms with Gasteiger partial charge < -0.3 is 9.47 Å². The molecular formula is C17H14FN3O2. The van der Waals surface area contributed by atoms with Crippen LogP contribution >= 0.6 is 0 Å². The summed E-state index contributed by atoms with van der Waals surface area (Å²) in [5.74, 6) is 0.881. The Kier molecular flexibility index (Phi) is 3.04. The topological polar surface area (TPSA) is 60.0 Å². The number of nitrogens with one attached hydrogen (secondary N) is 1. The third-order valence-corrected chi connectivity index (χ3v) is 4.11. The zero-order valence-electron chi connectivity index (χ0n) is 12.7. The Morgan fingerprint density at radius 2 is 1.91 bits per heavy atom. The van der Waals surface area contributed by atoms with Gasteiger partial charge in [0.1, 0.15) is 0 Å². The second-order valence-electron chi connectivity index (χ2n) is 5.34. The molecule has 1 aromatic carbocycles. The lowest BCUT2D eigenvalue weighted by Gasteiger charge is -2.10. The second-order valence-corrected chi connectivity index (χ2v) is 5.34. The number of pyridine rings is 1. The first-order valence-electron chi connectivity index (χ1n) is 7.15. The molecule has 0 spiro atoms. The first-order valence-corrected chi connectivity index (χ1v) is 7.15. The number of H-pyrrole nitrogens is 1. The molecule has 0 atom stereocenters. The van der Waals surface area contributed by atoms with E-state index in [4.69, 9.17) is 9.47 Å². The summed E-state index contributed by atoms with van der Waals surface area (Å²) in [7, 11) is 3.23. The third kappa shape index (κ3) is 2.06. The number of ether oxygens (including phenoxy) is 2. The van der Waals surface area contributed by atoms with Crippen LogP contribution < -0.4 is 9.47 Å². The Labute approximate surface area is 132 Å². The summed E-state index contributed by atoms with van der Waals surface area (Å²) in [4.78, 5) is 3.70. The van der Waals surface area contributed by atoms with Gasteiger partial charge >= 0.3 is 0 Å². The lowest BCUT2D eigenvalue weighted by molar-refractivity contribution is 0.355. The van der Waals surface area contributed by atoms with Gasteiger partial charge in [0.15, 0.2) is 11.5 Å². The molecule has 4 rings (SSSR count). The van der Waals surface area contributed by atoms with Gasteiger partial charge in [0.05, 0.1) is 25.6 Å². The van der Waals surface area contributed by atoms with Gasteiger partial charge in [-0.25, -0.2) is 4.98 Å². The number of halogens is 1. The van der Waals surface area contributed by atoms with Crippen molar-refractivity contribution in [1.82, 2.24) is 15.2 Å². The molecule has 1 aliphatic carbocycles. The van der Waals surface area contributed by atoms with Crippen molar-refractivity contribution in [3.63, 3.8) is 0 Å². The van der Waals surface area contributed by atoms with Gasteiger partial charge in [-0.3, -0.25) is 5.10 Å². The van der Waals surface area contributed by atoms with Crippen LogP contribution in [0.2, 0.25) is 0 Å². The van der Waals surface area contributed by atoms with Gasteiger partial charge in [-0.2, -0.15) is 9.49 Å². The molecule has 1 aliphatic rings. The third-order valence-electron chi connectivity index (χ3n) is 4.11. The molecule has 2 aromatic heterocycles. The Bertz CT molecular complexity index is 888. The summed E-state index contributed by atoms with van der Waals surface area (Å²) in [6.45, 7) is 0. The highest BCUT2D eigenvalue weighted by molar-refractivity contribution is 5.82. The van der Waals surface area contributed by atoms with Crippen molar-refractivity contribution < 1.29 is 13.9 Å². The molecule has 6 heteroatoms. The summed E-state index contributed by atoms with van der Waals surface area (Å²) in [5.41, 5.74) is 5.80. The molecule has 23 heavy (non-hydrogen) atoms. The fraction of sp³-hybridized carbons (Fsp3) is 0.176. The Balaban J connectivity index is 1.82. The number of aromatic nitrogens is 3. The van der Waals surface area contributed by atoms with Crippen LogP contribution in [-0.4, -0.2) is 29.4 Å². The number of aromatic amines is 1. The van der Waals surface area contributed by atoms with E-state index in [0.29, 0.717) is 11.5 Å². The van der Waals surface area contributed by atoms with Crippen molar-refractivity contribution in [3.8, 4) is 34.0 Å². The van der Waals surface area contributed by atoms with Gasteiger partial charge in [-0.15, -0.1) is 0 Å². The van der Waals surface area contributed by atoms with E-state index in [0.717, 1.165) is 40.1 Å². The smallest absolute Gasteiger partial charge is 0.212 e. The number of benzene rings is 1. The Hall–Kier alpha value is -2.89. The molecule has 5 nitrogen and oxygen atoms in total. The number of nitrogens with zero attached hydrogens (tertiary/aromatic N) is 2. The zero-order valence-corrected chi connectivity index (χ0v) is 12.7. The fourth-order valence-corrected chi connectivity index (χ4v) is 3.01. The molecule has 0 saturated heterocycles. The van der Waals surface area contributed by atoms with E-state index in [9.17, 15) is 4.39 Å². The molecule has 0 fully saturated rings. The van der Waals surface area contributed by atoms with E-state index in [1.165, 1.54) is 12.3 Å². The van der Waals surface area contributed by atoms with E-state index < -0.39 is 5.95 Å². The van der Waals surface area contributed by atoms with Crippen molar-refractivity contribution >= 4 is 0 Å². The highest BCUT2D eigenvalue weighted by atomic mass is 19.1. The maximum atomic E-state index is 13.0. The molecule has 1 N–H and O–H groups in total. The van der Waals surface area contributed by atoms with Crippen molar-refractivity contribution in [1.29, 1.82) is 0 Å². The second kappa shape index (κ2) is 5.08. The van der Waals surface area contributed by atoms with E-state index in [1.54, 1.807) is 20.3 Å². The summed E-state index contributed by atoms with van der Waals surface area (Å²) in [5, 5.41) is 7.45. The number of hydrogen-bond donors (Lipinski definition) is 1. The number of rotatable bonds is 3. The minimum absolute atomic E-state index is 0.501. The van der Waals surface area contributed by atoms with Crippen molar-refractivity contribution in [2.24, 2.45) is 0 Å². The van der Waals surface area contributed by atoms with Crippen LogP contribution in [0.5, 0.6) is 11.5 Å². The Morgan fingerprint density at radius 3 is 2.61 bits per heavy atom. The average molecular weight is 311 g/mol. The van der Waals surface area contributed by atoms with Gasteiger partial charge in [0.25, 0.3) is 0 Å². The maximum absolute atomic E-state index is 13.0. The van der Waals surface area contributed by atoms with Gasteiger partial charge in [0.2, 0.25) is 5.95 Å². The highest BCUT2D eigenvalue weighted by Crippen LogP contribution is 2.44. The van der Waals surface area contributed by atoms with Crippen LogP contribution in [0.15, 0.2) is 30.5 Å². The first kappa shape index (κ1) is 13.8. The van der Waals surface area contributed by atoms with Crippen molar-refractivity contribution in [3.05, 3.63) is 47.5 Å². The van der Waals surface area contributed by atoms with Crippen LogP contribution in [0.4, 0.5) is 4.39 Å². The fourth-order valence-electron chi connectivity index (χ4n) is 3.01. The van der Waals surface area contributed by atoms with E-state index >= 15 is 0 Å². The summed E-state index contributed by atoms with van der Waals surface area (Å²) < 4.78 is 23.7. The number of hydrogen-bond acceptors (Lipinski definition) is 4.